The van der Waals surface area contributed by atoms with Gasteiger partial charge in [0.2, 0.25) is 0 Å². The van der Waals surface area contributed by atoms with Crippen LogP contribution in [0.5, 0.6) is 0 Å². The number of hydrogen-bond donors (Lipinski definition) is 6. The van der Waals surface area contributed by atoms with Crippen LogP contribution in [0.25, 0.3) is 0 Å². The molecule has 0 saturated heterocycles. The number of fused-ring (bicyclic) bond motifs is 5. The fourth-order valence-corrected chi connectivity index (χ4v) is 10.7. The van der Waals surface area contributed by atoms with E-state index in [4.69, 9.17) is 9.79 Å². The number of halogens is 1. The maximum atomic E-state index is 17.2. The molecule has 3 fully saturated rings. The van der Waals surface area contributed by atoms with Crippen LogP contribution in [-0.4, -0.2) is 65.3 Å². The van der Waals surface area contributed by atoms with Crippen molar-refractivity contribution in [2.24, 2.45) is 28.6 Å². The Morgan fingerprint density at radius 2 is 1.73 bits per heavy atom. The quantitative estimate of drug-likeness (QED) is 0.211. The van der Waals surface area contributed by atoms with E-state index < -0.39 is 81.8 Å². The molecule has 0 aromatic heterocycles. The van der Waals surface area contributed by atoms with Gasteiger partial charge in [-0.15, -0.1) is 0 Å². The van der Waals surface area contributed by atoms with Gasteiger partial charge in [0.1, 0.15) is 12.2 Å². The summed E-state index contributed by atoms with van der Waals surface area (Å²) < 4.78 is 63.4. The minimum atomic E-state index is -5.82. The molecule has 4 aliphatic rings. The third-order valence-electron chi connectivity index (χ3n) is 9.42. The number of ketones is 2. The number of alkyl halides is 1. The zero-order valence-electron chi connectivity index (χ0n) is 21.7. The van der Waals surface area contributed by atoms with Gasteiger partial charge in [-0.1, -0.05) is 25.5 Å². The predicted octanol–water partition coefficient (Wildman–Crippen LogP) is 2.25. The molecule has 0 aliphatic heterocycles. The molecule has 40 heavy (non-hydrogen) atoms. The average Bonchev–Trinajstić information content (AvgIpc) is 2.98. The van der Waals surface area contributed by atoms with E-state index in [1.807, 2.05) is 0 Å². The molecule has 18 heteroatoms. The van der Waals surface area contributed by atoms with Gasteiger partial charge < -0.3 is 29.8 Å². The van der Waals surface area contributed by atoms with Crippen molar-refractivity contribution in [2.75, 3.05) is 6.61 Å². The molecule has 6 N–H and O–H groups in total. The SMILES string of the molecule is C[C@@H]1C[C@H]2[C@@H]3CCC4=CC(=O)C=C[C@]4(C)[C@@]3(F)[C@@H](O)C[C@]2(C)[C@@]1(O)C(=O)COP(=O)(O)OP(=O)(O)OP(=O)(O)O. The van der Waals surface area contributed by atoms with E-state index >= 15 is 4.39 Å². The molecule has 0 aromatic carbocycles. The lowest BCUT2D eigenvalue weighted by atomic mass is 9.44. The van der Waals surface area contributed by atoms with Crippen LogP contribution in [-0.2, 0) is 36.4 Å². The molecular weight excluding hydrogens is 600 g/mol. The summed E-state index contributed by atoms with van der Waals surface area (Å²) in [6, 6.07) is 0. The molecule has 0 bridgehead atoms. The Kier molecular flexibility index (Phi) is 7.84. The van der Waals surface area contributed by atoms with E-state index in [1.165, 1.54) is 32.1 Å². The monoisotopic (exact) mass is 632 g/mol. The summed E-state index contributed by atoms with van der Waals surface area (Å²) in [6.45, 7) is 3.30. The number of phosphoric ester groups is 1. The second kappa shape index (κ2) is 9.80. The molecule has 0 amide bonds. The van der Waals surface area contributed by atoms with Crippen molar-refractivity contribution in [1.29, 1.82) is 0 Å². The largest absolute Gasteiger partial charge is 0.490 e. The van der Waals surface area contributed by atoms with Crippen molar-refractivity contribution in [3.05, 3.63) is 23.8 Å². The molecule has 3 saturated carbocycles. The smallest absolute Gasteiger partial charge is 0.390 e. The van der Waals surface area contributed by atoms with E-state index in [0.29, 0.717) is 12.0 Å². The first-order chi connectivity index (χ1) is 18.0. The summed E-state index contributed by atoms with van der Waals surface area (Å²) in [4.78, 5) is 61.7. The van der Waals surface area contributed by atoms with E-state index in [9.17, 15) is 43.3 Å². The Bertz CT molecular complexity index is 1330. The number of hydrogen-bond acceptors (Lipinski definition) is 10. The minimum Gasteiger partial charge on any atom is -0.390 e. The molecule has 14 nitrogen and oxygen atoms in total. The maximum absolute atomic E-state index is 17.2. The highest BCUT2D eigenvalue weighted by Crippen LogP contribution is 2.71. The van der Waals surface area contributed by atoms with Crippen molar-refractivity contribution < 1.29 is 70.6 Å². The third kappa shape index (κ3) is 4.92. The second-order valence-electron chi connectivity index (χ2n) is 11.5. The summed E-state index contributed by atoms with van der Waals surface area (Å²) in [5.41, 5.74) is -6.71. The first kappa shape index (κ1) is 32.0. The van der Waals surface area contributed by atoms with Gasteiger partial charge in [0.25, 0.3) is 0 Å². The highest BCUT2D eigenvalue weighted by Gasteiger charge is 2.75. The standard InChI is InChI=1S/C22H32FO14P3/c1-12-8-16-15-5-4-13-9-14(24)6-7-19(13,2)21(15,23)17(25)10-20(16,3)22(12,27)18(26)11-35-39(31,32)37-40(33,34)36-38(28,29)30/h6-7,9,12,15-17,25,27H,4-5,8,10-11H2,1-3H3,(H,31,32)(H,33,34)(H2,28,29,30)/t12-,15+,16+,17+,19+,20+,21+,22+/m1/s1. The Labute approximate surface area is 228 Å². The number of carbonyl (C=O) groups excluding carboxylic acids is 2. The molecule has 0 spiro atoms. The third-order valence-corrected chi connectivity index (χ3v) is 13.2. The van der Waals surface area contributed by atoms with Gasteiger partial charge in [-0.2, -0.15) is 8.62 Å². The maximum Gasteiger partial charge on any atom is 0.490 e. The summed E-state index contributed by atoms with van der Waals surface area (Å²) in [5.74, 6) is -3.75. The Morgan fingerprint density at radius 3 is 2.33 bits per heavy atom. The van der Waals surface area contributed by atoms with Gasteiger partial charge in [-0.3, -0.25) is 14.1 Å². The van der Waals surface area contributed by atoms with Crippen LogP contribution >= 0.6 is 23.5 Å². The topological polar surface area (TPSA) is 234 Å². The molecule has 226 valence electrons. The van der Waals surface area contributed by atoms with Crippen molar-refractivity contribution in [3.63, 3.8) is 0 Å². The normalized spacial score (nSPS) is 44.0. The fraction of sp³-hybridized carbons (Fsp3) is 0.727. The number of aliphatic hydroxyl groups excluding tert-OH is 1. The van der Waals surface area contributed by atoms with Gasteiger partial charge in [0.05, 0.1) is 6.10 Å². The molecular formula is C22H32FO14P3. The highest BCUT2D eigenvalue weighted by atomic mass is 31.3. The number of phosphoric acid groups is 3. The van der Waals surface area contributed by atoms with E-state index in [-0.39, 0.29) is 25.0 Å². The van der Waals surface area contributed by atoms with Gasteiger partial charge in [0.15, 0.2) is 17.2 Å². The zero-order chi connectivity index (χ0) is 30.3. The summed E-state index contributed by atoms with van der Waals surface area (Å²) in [7, 11) is -17.1. The molecule has 0 radical (unpaired) electrons. The van der Waals surface area contributed by atoms with Gasteiger partial charge in [-0.25, -0.2) is 18.1 Å². The number of rotatable bonds is 8. The lowest BCUT2D eigenvalue weighted by Crippen LogP contribution is -2.69. The molecule has 2 unspecified atom stereocenters. The minimum absolute atomic E-state index is 0.148. The van der Waals surface area contributed by atoms with Gasteiger partial charge in [0, 0.05) is 16.7 Å². The van der Waals surface area contributed by atoms with E-state index in [1.54, 1.807) is 6.92 Å². The van der Waals surface area contributed by atoms with E-state index in [2.05, 4.69) is 13.1 Å². The van der Waals surface area contributed by atoms with Crippen molar-refractivity contribution in [2.45, 2.75) is 63.8 Å². The van der Waals surface area contributed by atoms with Crippen LogP contribution in [0.3, 0.4) is 0 Å². The Hall–Kier alpha value is -0.920. The van der Waals surface area contributed by atoms with Crippen molar-refractivity contribution >= 4 is 35.0 Å². The number of allylic oxidation sites excluding steroid dienone is 4. The van der Waals surface area contributed by atoms with Gasteiger partial charge in [-0.05, 0) is 56.6 Å². The summed E-state index contributed by atoms with van der Waals surface area (Å²) >= 11 is 0. The average molecular weight is 632 g/mol. The highest BCUT2D eigenvalue weighted by molar-refractivity contribution is 7.66. The lowest BCUT2D eigenvalue weighted by molar-refractivity contribution is -0.219. The molecule has 4 aliphatic carbocycles. The molecule has 4 rings (SSSR count). The van der Waals surface area contributed by atoms with Crippen LogP contribution in [0.2, 0.25) is 0 Å². The number of carbonyl (C=O) groups is 2. The Balaban J connectivity index is 1.59. The van der Waals surface area contributed by atoms with Crippen LogP contribution in [0.1, 0.15) is 46.5 Å². The van der Waals surface area contributed by atoms with Crippen LogP contribution in [0.15, 0.2) is 23.8 Å². The van der Waals surface area contributed by atoms with Crippen LogP contribution in [0, 0.1) is 28.6 Å². The van der Waals surface area contributed by atoms with Crippen molar-refractivity contribution in [1.82, 2.24) is 0 Å². The lowest BCUT2D eigenvalue weighted by Gasteiger charge is -2.62. The second-order valence-corrected chi connectivity index (χ2v) is 15.9. The molecule has 0 heterocycles. The summed E-state index contributed by atoms with van der Waals surface area (Å²) in [5, 5.41) is 23.1. The van der Waals surface area contributed by atoms with Crippen LogP contribution in [0.4, 0.5) is 4.39 Å². The van der Waals surface area contributed by atoms with E-state index in [0.717, 1.165) is 0 Å². The first-order valence-electron chi connectivity index (χ1n) is 12.4. The molecule has 10 atom stereocenters. The predicted molar refractivity (Wildman–Crippen MR) is 133 cm³/mol. The van der Waals surface area contributed by atoms with Crippen molar-refractivity contribution in [3.8, 4) is 0 Å². The molecule has 0 aromatic rings. The first-order valence-corrected chi connectivity index (χ1v) is 16.9. The number of aliphatic hydroxyl groups is 2. The fourth-order valence-electron chi connectivity index (χ4n) is 7.69. The number of Topliss-reactive ketones (excluding diaryl/α,β-unsaturated/α-hetero) is 1. The zero-order valence-corrected chi connectivity index (χ0v) is 24.4. The Morgan fingerprint density at radius 1 is 1.10 bits per heavy atom. The van der Waals surface area contributed by atoms with Gasteiger partial charge >= 0.3 is 23.5 Å². The van der Waals surface area contributed by atoms with Crippen LogP contribution < -0.4 is 0 Å². The summed E-state index contributed by atoms with van der Waals surface area (Å²) in [6.07, 6.45) is 2.77.